The number of halogens is 1. The average molecular weight is 236 g/mol. The molecule has 0 radical (unpaired) electrons. The molecule has 0 amide bonds. The van der Waals surface area contributed by atoms with Crippen molar-refractivity contribution < 1.29 is 0 Å². The minimum Gasteiger partial charge on any atom is -0.354 e. The van der Waals surface area contributed by atoms with Gasteiger partial charge < -0.3 is 4.90 Å². The van der Waals surface area contributed by atoms with Gasteiger partial charge in [-0.1, -0.05) is 6.07 Å². The van der Waals surface area contributed by atoms with Gasteiger partial charge in [-0.25, -0.2) is 4.98 Å². The zero-order chi connectivity index (χ0) is 11.0. The zero-order valence-corrected chi connectivity index (χ0v) is 9.77. The molecule has 1 fully saturated rings. The van der Waals surface area contributed by atoms with Gasteiger partial charge in [0.1, 0.15) is 11.5 Å². The first-order chi connectivity index (χ1) is 7.90. The molecule has 2 aromatic rings. The summed E-state index contributed by atoms with van der Waals surface area (Å²) in [5.41, 5.74) is 0.998. The maximum Gasteiger partial charge on any atom is 0.138 e. The number of pyridine rings is 1. The van der Waals surface area contributed by atoms with Gasteiger partial charge in [-0.3, -0.25) is 4.40 Å². The highest BCUT2D eigenvalue weighted by molar-refractivity contribution is 6.18. The lowest BCUT2D eigenvalue weighted by atomic mass is 10.2. The van der Waals surface area contributed by atoms with Gasteiger partial charge >= 0.3 is 0 Å². The van der Waals surface area contributed by atoms with E-state index in [2.05, 4.69) is 26.4 Å². The number of anilines is 1. The molecule has 0 N–H and O–H groups in total. The van der Waals surface area contributed by atoms with Crippen LogP contribution in [0.5, 0.6) is 0 Å². The van der Waals surface area contributed by atoms with Crippen molar-refractivity contribution in [1.29, 1.82) is 0 Å². The number of rotatable bonds is 2. The number of imidazole rings is 1. The molecule has 0 spiro atoms. The molecule has 1 saturated heterocycles. The molecule has 1 aliphatic rings. The summed E-state index contributed by atoms with van der Waals surface area (Å²) in [5, 5.41) is 0. The Balaban J connectivity index is 2.07. The summed E-state index contributed by atoms with van der Waals surface area (Å²) in [6.45, 7) is 1.09. The lowest BCUT2D eigenvalue weighted by Crippen LogP contribution is -2.31. The Kier molecular flexibility index (Phi) is 2.48. The fraction of sp³-hybridized carbons (Fsp3) is 0.417. The fourth-order valence-corrected chi connectivity index (χ4v) is 2.79. The van der Waals surface area contributed by atoms with Crippen LogP contribution >= 0.6 is 11.6 Å². The van der Waals surface area contributed by atoms with Crippen LogP contribution in [0.1, 0.15) is 12.8 Å². The van der Waals surface area contributed by atoms with Crippen LogP contribution in [-0.2, 0) is 0 Å². The summed E-state index contributed by atoms with van der Waals surface area (Å²) in [6.07, 6.45) is 6.26. The maximum absolute atomic E-state index is 6.01. The molecule has 2 aromatic heterocycles. The highest BCUT2D eigenvalue weighted by Crippen LogP contribution is 2.26. The molecule has 3 nitrogen and oxygen atoms in total. The van der Waals surface area contributed by atoms with Gasteiger partial charge in [0, 0.05) is 30.9 Å². The largest absolute Gasteiger partial charge is 0.354 e. The Hall–Kier alpha value is -1.22. The van der Waals surface area contributed by atoms with E-state index in [1.54, 1.807) is 0 Å². The van der Waals surface area contributed by atoms with E-state index in [-0.39, 0.29) is 0 Å². The Bertz CT molecular complexity index is 494. The summed E-state index contributed by atoms with van der Waals surface area (Å²) in [5.74, 6) is 1.91. The van der Waals surface area contributed by atoms with E-state index in [9.17, 15) is 0 Å². The highest BCUT2D eigenvalue weighted by Gasteiger charge is 2.25. The van der Waals surface area contributed by atoms with Crippen molar-refractivity contribution in [3.05, 3.63) is 30.6 Å². The van der Waals surface area contributed by atoms with Crippen LogP contribution in [0, 0.1) is 0 Å². The van der Waals surface area contributed by atoms with Gasteiger partial charge in [0.2, 0.25) is 0 Å². The third-order valence-electron chi connectivity index (χ3n) is 3.26. The smallest absolute Gasteiger partial charge is 0.138 e. The van der Waals surface area contributed by atoms with Crippen LogP contribution < -0.4 is 4.90 Å². The quantitative estimate of drug-likeness (QED) is 0.746. The van der Waals surface area contributed by atoms with Gasteiger partial charge in [-0.15, -0.1) is 11.6 Å². The van der Waals surface area contributed by atoms with Crippen molar-refractivity contribution >= 4 is 23.1 Å². The van der Waals surface area contributed by atoms with Gasteiger partial charge in [-0.2, -0.15) is 0 Å². The molecule has 1 unspecified atom stereocenters. The van der Waals surface area contributed by atoms with Gasteiger partial charge in [0.25, 0.3) is 0 Å². The molecule has 16 heavy (non-hydrogen) atoms. The lowest BCUT2D eigenvalue weighted by Gasteiger charge is -2.25. The predicted octanol–water partition coefficient (Wildman–Crippen LogP) is 2.54. The summed E-state index contributed by atoms with van der Waals surface area (Å²) in [4.78, 5) is 6.70. The second kappa shape index (κ2) is 3.98. The van der Waals surface area contributed by atoms with Crippen molar-refractivity contribution in [3.8, 4) is 0 Å². The number of fused-ring (bicyclic) bond motifs is 1. The highest BCUT2D eigenvalue weighted by atomic mass is 35.5. The number of hydrogen-bond acceptors (Lipinski definition) is 2. The summed E-state index contributed by atoms with van der Waals surface area (Å²) in [6, 6.07) is 6.69. The molecule has 3 rings (SSSR count). The van der Waals surface area contributed by atoms with Crippen LogP contribution in [0.3, 0.4) is 0 Å². The van der Waals surface area contributed by atoms with Crippen molar-refractivity contribution in [3.63, 3.8) is 0 Å². The van der Waals surface area contributed by atoms with E-state index in [1.165, 1.54) is 18.7 Å². The molecular weight excluding hydrogens is 222 g/mol. The number of aromatic nitrogens is 2. The first kappa shape index (κ1) is 9.97. The minimum atomic E-state index is 0.467. The van der Waals surface area contributed by atoms with Crippen molar-refractivity contribution in [1.82, 2.24) is 9.38 Å². The predicted molar refractivity (Wildman–Crippen MR) is 66.3 cm³/mol. The minimum absolute atomic E-state index is 0.467. The van der Waals surface area contributed by atoms with Gasteiger partial charge in [0.05, 0.1) is 0 Å². The van der Waals surface area contributed by atoms with E-state index in [0.29, 0.717) is 11.9 Å². The van der Waals surface area contributed by atoms with E-state index in [0.717, 1.165) is 12.2 Å². The van der Waals surface area contributed by atoms with Crippen molar-refractivity contribution in [2.45, 2.75) is 18.9 Å². The molecule has 0 aromatic carbocycles. The Morgan fingerprint density at radius 1 is 1.44 bits per heavy atom. The van der Waals surface area contributed by atoms with Crippen LogP contribution in [0.2, 0.25) is 0 Å². The molecule has 1 aliphatic heterocycles. The third-order valence-corrected chi connectivity index (χ3v) is 3.61. The number of nitrogens with zero attached hydrogens (tertiary/aromatic N) is 3. The zero-order valence-electron chi connectivity index (χ0n) is 9.01. The normalized spacial score (nSPS) is 20.8. The molecule has 1 atom stereocenters. The van der Waals surface area contributed by atoms with Crippen molar-refractivity contribution in [2.75, 3.05) is 17.3 Å². The van der Waals surface area contributed by atoms with Crippen LogP contribution in [-0.4, -0.2) is 27.9 Å². The Morgan fingerprint density at radius 2 is 2.38 bits per heavy atom. The maximum atomic E-state index is 6.01. The topological polar surface area (TPSA) is 20.5 Å². The molecule has 4 heteroatoms. The average Bonchev–Trinajstić information content (AvgIpc) is 2.96. The van der Waals surface area contributed by atoms with Gasteiger partial charge in [0.15, 0.2) is 0 Å². The molecule has 0 saturated carbocycles. The van der Waals surface area contributed by atoms with Gasteiger partial charge in [-0.05, 0) is 25.0 Å². The molecule has 84 valence electrons. The van der Waals surface area contributed by atoms with Crippen LogP contribution in [0.15, 0.2) is 30.6 Å². The van der Waals surface area contributed by atoms with Crippen LogP contribution in [0.25, 0.3) is 5.65 Å². The SMILES string of the molecule is ClCC1CCCN1c1cccc2nccn12. The summed E-state index contributed by atoms with van der Waals surface area (Å²) >= 11 is 6.01. The second-order valence-electron chi connectivity index (χ2n) is 4.18. The summed E-state index contributed by atoms with van der Waals surface area (Å²) in [7, 11) is 0. The number of hydrogen-bond donors (Lipinski definition) is 0. The van der Waals surface area contributed by atoms with E-state index in [1.807, 2.05) is 18.5 Å². The first-order valence-corrected chi connectivity index (χ1v) is 6.18. The first-order valence-electron chi connectivity index (χ1n) is 5.65. The molecule has 0 bridgehead atoms. The number of alkyl halides is 1. The monoisotopic (exact) mass is 235 g/mol. The molecular formula is C12H14ClN3. The third kappa shape index (κ3) is 1.47. The summed E-state index contributed by atoms with van der Waals surface area (Å²) < 4.78 is 2.13. The molecule has 0 aliphatic carbocycles. The standard InChI is InChI=1S/C12H14ClN3/c13-9-10-3-2-7-15(10)12-5-1-4-11-14-6-8-16(11)12/h1,4-6,8,10H,2-3,7,9H2. The van der Waals surface area contributed by atoms with Crippen molar-refractivity contribution in [2.24, 2.45) is 0 Å². The van der Waals surface area contributed by atoms with E-state index >= 15 is 0 Å². The Labute approximate surface area is 99.7 Å². The second-order valence-corrected chi connectivity index (χ2v) is 4.49. The van der Waals surface area contributed by atoms with E-state index < -0.39 is 0 Å². The van der Waals surface area contributed by atoms with Crippen LogP contribution in [0.4, 0.5) is 5.82 Å². The fourth-order valence-electron chi connectivity index (χ4n) is 2.46. The lowest BCUT2D eigenvalue weighted by molar-refractivity contribution is 0.729. The van der Waals surface area contributed by atoms with E-state index in [4.69, 9.17) is 11.6 Å². The Morgan fingerprint density at radius 3 is 3.25 bits per heavy atom. The molecule has 3 heterocycles.